The molecule has 300 valence electrons. The normalized spacial score (nSPS) is 20.6. The second kappa shape index (κ2) is 13.8. The van der Waals surface area contributed by atoms with Crippen molar-refractivity contribution in [1.82, 2.24) is 0 Å². The van der Waals surface area contributed by atoms with Crippen molar-refractivity contribution < 1.29 is 28.4 Å². The molecule has 0 amide bonds. The minimum Gasteiger partial charge on any atom is -0.465 e. The summed E-state index contributed by atoms with van der Waals surface area (Å²) in [5, 5.41) is 0. The summed E-state index contributed by atoms with van der Waals surface area (Å²) in [7, 11) is 5.32. The SMILES string of the molecule is COC1(c2cc(C3(OC)C=C(C(C)(C)C)OC(C(C)(C)C)=C3)cc(C3(OC)C=C(C(C)(C)C)OC(C(C)(C)C)=C3)c2)C=C(C(C)(C)C)OC(C(C)(C)C)=C1. The molecule has 0 unspecified atom stereocenters. The van der Waals surface area contributed by atoms with E-state index in [1.54, 1.807) is 21.3 Å². The van der Waals surface area contributed by atoms with Crippen LogP contribution < -0.4 is 0 Å². The molecule has 0 aliphatic carbocycles. The van der Waals surface area contributed by atoms with Gasteiger partial charge in [-0.05, 0) is 71.3 Å². The molecule has 0 bridgehead atoms. The van der Waals surface area contributed by atoms with Gasteiger partial charge < -0.3 is 28.4 Å². The summed E-state index contributed by atoms with van der Waals surface area (Å²) in [6, 6.07) is 6.67. The number of allylic oxidation sites excluding steroid dienone is 6. The molecular weight excluding hydrogens is 673 g/mol. The Morgan fingerprint density at radius 2 is 0.463 bits per heavy atom. The van der Waals surface area contributed by atoms with E-state index in [0.29, 0.717) is 0 Å². The largest absolute Gasteiger partial charge is 0.465 e. The van der Waals surface area contributed by atoms with Gasteiger partial charge in [-0.1, -0.05) is 125 Å². The number of hydrogen-bond donors (Lipinski definition) is 0. The lowest BCUT2D eigenvalue weighted by Crippen LogP contribution is -2.37. The average Bonchev–Trinajstić information content (AvgIpc) is 3.04. The third-order valence-corrected chi connectivity index (χ3v) is 10.5. The zero-order valence-electron chi connectivity index (χ0n) is 37.6. The highest BCUT2D eigenvalue weighted by atomic mass is 16.5. The maximum atomic E-state index is 6.71. The second-order valence-corrected chi connectivity index (χ2v) is 21.6. The van der Waals surface area contributed by atoms with E-state index in [1.807, 2.05) is 0 Å². The van der Waals surface area contributed by atoms with Crippen molar-refractivity contribution in [2.45, 2.75) is 141 Å². The highest BCUT2D eigenvalue weighted by molar-refractivity contribution is 5.52. The molecule has 3 aliphatic rings. The number of rotatable bonds is 6. The number of hydrogen-bond acceptors (Lipinski definition) is 6. The van der Waals surface area contributed by atoms with Crippen molar-refractivity contribution in [3.8, 4) is 0 Å². The van der Waals surface area contributed by atoms with Crippen LogP contribution in [0.15, 0.2) is 89.2 Å². The van der Waals surface area contributed by atoms with Crippen LogP contribution in [0.25, 0.3) is 0 Å². The van der Waals surface area contributed by atoms with Gasteiger partial charge in [0, 0.05) is 53.8 Å². The molecule has 6 nitrogen and oxygen atoms in total. The minimum atomic E-state index is -0.991. The molecule has 0 saturated heterocycles. The summed E-state index contributed by atoms with van der Waals surface area (Å²) < 4.78 is 40.2. The Morgan fingerprint density at radius 1 is 0.315 bits per heavy atom. The molecule has 1 aromatic rings. The van der Waals surface area contributed by atoms with Crippen LogP contribution in [0.4, 0.5) is 0 Å². The molecule has 0 atom stereocenters. The van der Waals surface area contributed by atoms with Gasteiger partial charge in [-0.15, -0.1) is 0 Å². The van der Waals surface area contributed by atoms with Crippen LogP contribution in [0.5, 0.6) is 0 Å². The van der Waals surface area contributed by atoms with Crippen molar-refractivity contribution in [2.75, 3.05) is 21.3 Å². The number of ether oxygens (including phenoxy) is 6. The second-order valence-electron chi connectivity index (χ2n) is 21.6. The molecule has 0 fully saturated rings. The molecule has 4 rings (SSSR count). The van der Waals surface area contributed by atoms with Gasteiger partial charge in [-0.2, -0.15) is 0 Å². The smallest absolute Gasteiger partial charge is 0.136 e. The zero-order chi connectivity index (χ0) is 41.3. The fourth-order valence-corrected chi connectivity index (χ4v) is 6.55. The number of methoxy groups -OCH3 is 3. The predicted molar refractivity (Wildman–Crippen MR) is 221 cm³/mol. The van der Waals surface area contributed by atoms with Gasteiger partial charge >= 0.3 is 0 Å². The predicted octanol–water partition coefficient (Wildman–Crippen LogP) is 12.9. The van der Waals surface area contributed by atoms with Crippen LogP contribution in [-0.2, 0) is 45.2 Å². The van der Waals surface area contributed by atoms with Crippen molar-refractivity contribution in [2.24, 2.45) is 32.5 Å². The first-order valence-electron chi connectivity index (χ1n) is 19.5. The van der Waals surface area contributed by atoms with Crippen LogP contribution in [0.3, 0.4) is 0 Å². The monoisotopic (exact) mass is 745 g/mol. The standard InChI is InChI=1S/C48H72O6/c1-40(2,3)34-25-46(49-19,26-35(52-34)41(4,5)6)31-22-32(47(50-20)27-36(42(7,8)9)53-37(28-47)43(10,11)12)24-33(23-31)48(51-21)29-38(44(13,14)15)54-39(30-48)45(16,17)18/h22-30H,1-21H3. The van der Waals surface area contributed by atoms with Crippen molar-refractivity contribution in [3.63, 3.8) is 0 Å². The quantitative estimate of drug-likeness (QED) is 0.289. The van der Waals surface area contributed by atoms with E-state index in [0.717, 1.165) is 51.2 Å². The Hall–Kier alpha value is -3.06. The Morgan fingerprint density at radius 3 is 0.574 bits per heavy atom. The van der Waals surface area contributed by atoms with Gasteiger partial charge in [0.25, 0.3) is 0 Å². The first-order valence-corrected chi connectivity index (χ1v) is 19.5. The highest BCUT2D eigenvalue weighted by Gasteiger charge is 2.46. The minimum absolute atomic E-state index is 0.290. The van der Waals surface area contributed by atoms with Crippen molar-refractivity contribution in [1.29, 1.82) is 0 Å². The van der Waals surface area contributed by atoms with Crippen LogP contribution in [0, 0.1) is 32.5 Å². The zero-order valence-corrected chi connectivity index (χ0v) is 37.6. The first kappa shape index (κ1) is 43.7. The Kier molecular flexibility index (Phi) is 11.2. The van der Waals surface area contributed by atoms with Crippen molar-refractivity contribution >= 4 is 0 Å². The summed E-state index contributed by atoms with van der Waals surface area (Å²) in [5.41, 5.74) is -1.96. The average molecular weight is 745 g/mol. The summed E-state index contributed by atoms with van der Waals surface area (Å²) in [6.45, 7) is 39.1. The van der Waals surface area contributed by atoms with Gasteiger partial charge in [0.05, 0.1) is 0 Å². The topological polar surface area (TPSA) is 55.4 Å². The molecule has 6 heteroatoms. The lowest BCUT2D eigenvalue weighted by Gasteiger charge is -2.43. The van der Waals surface area contributed by atoms with Crippen LogP contribution in [0.1, 0.15) is 141 Å². The third-order valence-electron chi connectivity index (χ3n) is 10.5. The fraction of sp³-hybridized carbons (Fsp3) is 0.625. The summed E-state index contributed by atoms with van der Waals surface area (Å²) in [4.78, 5) is 0. The van der Waals surface area contributed by atoms with Gasteiger partial charge in [0.15, 0.2) is 0 Å². The van der Waals surface area contributed by atoms with Gasteiger partial charge in [-0.25, -0.2) is 0 Å². The molecule has 0 spiro atoms. The van der Waals surface area contributed by atoms with E-state index in [4.69, 9.17) is 28.4 Å². The summed E-state index contributed by atoms with van der Waals surface area (Å²) >= 11 is 0. The van der Waals surface area contributed by atoms with E-state index in [9.17, 15) is 0 Å². The summed E-state index contributed by atoms with van der Waals surface area (Å²) in [5.74, 6) is 5.07. The molecule has 1 aromatic carbocycles. The molecule has 0 radical (unpaired) electrons. The first-order chi connectivity index (χ1) is 24.2. The Labute approximate surface area is 328 Å². The van der Waals surface area contributed by atoms with E-state index >= 15 is 0 Å². The van der Waals surface area contributed by atoms with E-state index in [-0.39, 0.29) is 32.5 Å². The number of benzene rings is 1. The molecule has 0 N–H and O–H groups in total. The molecule has 54 heavy (non-hydrogen) atoms. The molecule has 0 saturated carbocycles. The van der Waals surface area contributed by atoms with E-state index in [2.05, 4.69) is 179 Å². The maximum Gasteiger partial charge on any atom is 0.136 e. The highest BCUT2D eigenvalue weighted by Crippen LogP contribution is 2.51. The molecule has 3 heterocycles. The van der Waals surface area contributed by atoms with Gasteiger partial charge in [0.1, 0.15) is 51.4 Å². The Balaban J connectivity index is 2.28. The van der Waals surface area contributed by atoms with Gasteiger partial charge in [-0.3, -0.25) is 0 Å². The van der Waals surface area contributed by atoms with E-state index in [1.165, 1.54) is 0 Å². The fourth-order valence-electron chi connectivity index (χ4n) is 6.55. The summed E-state index contributed by atoms with van der Waals surface area (Å²) in [6.07, 6.45) is 12.8. The van der Waals surface area contributed by atoms with Gasteiger partial charge in [0.2, 0.25) is 0 Å². The van der Waals surface area contributed by atoms with Crippen LogP contribution in [0.2, 0.25) is 0 Å². The lowest BCUT2D eigenvalue weighted by molar-refractivity contribution is 0.0328. The van der Waals surface area contributed by atoms with Crippen molar-refractivity contribution in [3.05, 3.63) is 106 Å². The van der Waals surface area contributed by atoms with E-state index < -0.39 is 16.8 Å². The third kappa shape index (κ3) is 8.66. The maximum absolute atomic E-state index is 6.71. The van der Waals surface area contributed by atoms with Crippen LogP contribution in [-0.4, -0.2) is 21.3 Å². The lowest BCUT2D eigenvalue weighted by atomic mass is 9.75. The molecule has 3 aliphatic heterocycles. The Bertz CT molecular complexity index is 1470. The molecular formula is C48H72O6. The van der Waals surface area contributed by atoms with Crippen LogP contribution >= 0.6 is 0 Å². The molecule has 0 aromatic heterocycles.